The average molecular weight is 263 g/mol. The van der Waals surface area contributed by atoms with Gasteiger partial charge in [0.15, 0.2) is 0 Å². The van der Waals surface area contributed by atoms with E-state index in [1.807, 2.05) is 6.26 Å². The van der Waals surface area contributed by atoms with Crippen LogP contribution >= 0.6 is 0 Å². The third-order valence-electron chi connectivity index (χ3n) is 4.27. The zero-order chi connectivity index (χ0) is 13.1. The molecule has 106 valence electrons. The minimum Gasteiger partial charge on any atom is -0.432 e. The van der Waals surface area contributed by atoms with Crippen LogP contribution in [0.4, 0.5) is 6.01 Å². The van der Waals surface area contributed by atoms with Gasteiger partial charge in [-0.2, -0.15) is 4.98 Å². The van der Waals surface area contributed by atoms with Gasteiger partial charge in [-0.1, -0.05) is 19.8 Å². The molecule has 0 bridgehead atoms. The Morgan fingerprint density at radius 3 is 2.79 bits per heavy atom. The summed E-state index contributed by atoms with van der Waals surface area (Å²) in [5.74, 6) is 0.909. The van der Waals surface area contributed by atoms with Gasteiger partial charge in [0, 0.05) is 25.7 Å². The van der Waals surface area contributed by atoms with E-state index in [0.29, 0.717) is 0 Å². The molecule has 1 saturated carbocycles. The van der Waals surface area contributed by atoms with Gasteiger partial charge in [0.1, 0.15) is 6.26 Å². The summed E-state index contributed by atoms with van der Waals surface area (Å²) >= 11 is 0. The molecule has 0 aromatic carbocycles. The lowest BCUT2D eigenvalue weighted by Crippen LogP contribution is -2.33. The number of oxazole rings is 1. The zero-order valence-electron chi connectivity index (χ0n) is 11.9. The maximum atomic E-state index is 5.63. The van der Waals surface area contributed by atoms with Gasteiger partial charge in [-0.15, -0.1) is 0 Å². The van der Waals surface area contributed by atoms with Crippen molar-refractivity contribution in [3.8, 4) is 0 Å². The lowest BCUT2D eigenvalue weighted by atomic mass is 9.93. The van der Waals surface area contributed by atoms with E-state index in [0.717, 1.165) is 43.3 Å². The second-order valence-corrected chi connectivity index (χ2v) is 6.00. The van der Waals surface area contributed by atoms with Crippen molar-refractivity contribution in [2.24, 2.45) is 5.92 Å². The molecule has 0 radical (unpaired) electrons. The quantitative estimate of drug-likeness (QED) is 0.856. The van der Waals surface area contributed by atoms with E-state index in [-0.39, 0.29) is 0 Å². The second-order valence-electron chi connectivity index (χ2n) is 6.00. The van der Waals surface area contributed by atoms with Crippen molar-refractivity contribution in [1.82, 2.24) is 10.3 Å². The first-order valence-corrected chi connectivity index (χ1v) is 7.78. The Labute approximate surface area is 115 Å². The van der Waals surface area contributed by atoms with Crippen LogP contribution in [0.3, 0.4) is 0 Å². The summed E-state index contributed by atoms with van der Waals surface area (Å²) in [6.07, 6.45) is 9.68. The Morgan fingerprint density at radius 2 is 2.11 bits per heavy atom. The number of nitrogens with zero attached hydrogens (tertiary/aromatic N) is 2. The van der Waals surface area contributed by atoms with Gasteiger partial charge in [-0.3, -0.25) is 0 Å². The van der Waals surface area contributed by atoms with Crippen LogP contribution < -0.4 is 10.2 Å². The molecule has 19 heavy (non-hydrogen) atoms. The molecular weight excluding hydrogens is 238 g/mol. The van der Waals surface area contributed by atoms with Crippen molar-refractivity contribution in [3.63, 3.8) is 0 Å². The Bertz CT molecular complexity index is 392. The van der Waals surface area contributed by atoms with Gasteiger partial charge in [-0.25, -0.2) is 0 Å². The summed E-state index contributed by atoms with van der Waals surface area (Å²) in [4.78, 5) is 6.90. The van der Waals surface area contributed by atoms with Crippen LogP contribution in [0.15, 0.2) is 10.7 Å². The monoisotopic (exact) mass is 263 g/mol. The van der Waals surface area contributed by atoms with Gasteiger partial charge < -0.3 is 14.6 Å². The number of nitrogens with one attached hydrogen (secondary N) is 1. The summed E-state index contributed by atoms with van der Waals surface area (Å²) < 4.78 is 5.63. The van der Waals surface area contributed by atoms with E-state index in [1.54, 1.807) is 0 Å². The molecule has 1 N–H and O–H groups in total. The summed E-state index contributed by atoms with van der Waals surface area (Å²) in [5, 5.41) is 3.47. The van der Waals surface area contributed by atoms with Gasteiger partial charge >= 0.3 is 0 Å². The van der Waals surface area contributed by atoms with Crippen LogP contribution in [-0.4, -0.2) is 24.1 Å². The first-order valence-electron chi connectivity index (χ1n) is 7.78. The van der Waals surface area contributed by atoms with Crippen LogP contribution in [0.25, 0.3) is 0 Å². The number of anilines is 1. The molecule has 4 heteroatoms. The lowest BCUT2D eigenvalue weighted by molar-refractivity contribution is 0.365. The predicted octanol–water partition coefficient (Wildman–Crippen LogP) is 2.94. The number of hydrogen-bond acceptors (Lipinski definition) is 4. The van der Waals surface area contributed by atoms with Gasteiger partial charge in [0.05, 0.1) is 5.69 Å². The molecule has 1 aliphatic carbocycles. The number of aromatic nitrogens is 1. The number of hydrogen-bond donors (Lipinski definition) is 1. The third-order valence-corrected chi connectivity index (χ3v) is 4.27. The van der Waals surface area contributed by atoms with E-state index in [2.05, 4.69) is 22.1 Å². The summed E-state index contributed by atoms with van der Waals surface area (Å²) in [7, 11) is 0. The Balaban J connectivity index is 1.48. The SMILES string of the molecule is CCCC1CCN(c2nc(CNC3CC3)co2)CC1. The van der Waals surface area contributed by atoms with Gasteiger partial charge in [-0.05, 0) is 31.6 Å². The number of piperidine rings is 1. The van der Waals surface area contributed by atoms with Crippen molar-refractivity contribution >= 4 is 6.01 Å². The Hall–Kier alpha value is -1.03. The molecule has 4 nitrogen and oxygen atoms in total. The molecule has 1 saturated heterocycles. The van der Waals surface area contributed by atoms with Crippen molar-refractivity contribution < 1.29 is 4.42 Å². The largest absolute Gasteiger partial charge is 0.432 e. The number of rotatable bonds is 6. The lowest BCUT2D eigenvalue weighted by Gasteiger charge is -2.30. The van der Waals surface area contributed by atoms with Gasteiger partial charge in [0.2, 0.25) is 0 Å². The van der Waals surface area contributed by atoms with Crippen LogP contribution in [0.2, 0.25) is 0 Å². The van der Waals surface area contributed by atoms with E-state index >= 15 is 0 Å². The van der Waals surface area contributed by atoms with Crippen LogP contribution in [-0.2, 0) is 6.54 Å². The van der Waals surface area contributed by atoms with Crippen molar-refractivity contribution in [2.75, 3.05) is 18.0 Å². The van der Waals surface area contributed by atoms with E-state index in [1.165, 1.54) is 38.5 Å². The summed E-state index contributed by atoms with van der Waals surface area (Å²) in [6, 6.07) is 1.55. The predicted molar refractivity (Wildman–Crippen MR) is 76.2 cm³/mol. The first-order chi connectivity index (χ1) is 9.35. The van der Waals surface area contributed by atoms with E-state index in [9.17, 15) is 0 Å². The molecule has 0 spiro atoms. The fraction of sp³-hybridized carbons (Fsp3) is 0.800. The molecule has 1 aliphatic heterocycles. The van der Waals surface area contributed by atoms with E-state index < -0.39 is 0 Å². The molecule has 3 rings (SSSR count). The standard InChI is InChI=1S/C15H25N3O/c1-2-3-12-6-8-18(9-7-12)15-17-14(11-19-15)10-16-13-4-5-13/h11-13,16H,2-10H2,1H3. The van der Waals surface area contributed by atoms with Crippen molar-refractivity contribution in [1.29, 1.82) is 0 Å². The van der Waals surface area contributed by atoms with Crippen LogP contribution in [0, 0.1) is 5.92 Å². The smallest absolute Gasteiger partial charge is 0.297 e. The molecule has 0 atom stereocenters. The molecule has 0 unspecified atom stereocenters. The Morgan fingerprint density at radius 1 is 1.32 bits per heavy atom. The minimum absolute atomic E-state index is 0.727. The molecule has 1 aromatic heterocycles. The molecule has 2 heterocycles. The molecule has 0 amide bonds. The summed E-state index contributed by atoms with van der Waals surface area (Å²) in [6.45, 7) is 5.32. The van der Waals surface area contributed by atoms with E-state index in [4.69, 9.17) is 4.42 Å². The normalized spacial score (nSPS) is 21.0. The van der Waals surface area contributed by atoms with Crippen LogP contribution in [0.1, 0.15) is 51.1 Å². The van der Waals surface area contributed by atoms with Crippen molar-refractivity contribution in [3.05, 3.63) is 12.0 Å². The highest BCUT2D eigenvalue weighted by molar-refractivity contribution is 5.27. The maximum Gasteiger partial charge on any atom is 0.297 e. The fourth-order valence-corrected chi connectivity index (χ4v) is 2.88. The molecule has 1 aromatic rings. The topological polar surface area (TPSA) is 41.3 Å². The highest BCUT2D eigenvalue weighted by Gasteiger charge is 2.23. The zero-order valence-corrected chi connectivity index (χ0v) is 11.9. The summed E-state index contributed by atoms with van der Waals surface area (Å²) in [5.41, 5.74) is 1.04. The molecule has 2 fully saturated rings. The molecule has 2 aliphatic rings. The third kappa shape index (κ3) is 3.50. The second kappa shape index (κ2) is 5.95. The fourth-order valence-electron chi connectivity index (χ4n) is 2.88. The Kier molecular flexibility index (Phi) is 4.06. The molecular formula is C15H25N3O. The van der Waals surface area contributed by atoms with Crippen molar-refractivity contribution in [2.45, 2.75) is 58.0 Å². The maximum absolute atomic E-state index is 5.63. The van der Waals surface area contributed by atoms with Crippen LogP contribution in [0.5, 0.6) is 0 Å². The highest BCUT2D eigenvalue weighted by Crippen LogP contribution is 2.25. The highest BCUT2D eigenvalue weighted by atomic mass is 16.4. The minimum atomic E-state index is 0.727. The average Bonchev–Trinajstić information content (AvgIpc) is 3.15. The van der Waals surface area contributed by atoms with Gasteiger partial charge in [0.25, 0.3) is 6.01 Å². The first kappa shape index (κ1) is 13.0.